The topological polar surface area (TPSA) is 106 Å². The van der Waals surface area contributed by atoms with Gasteiger partial charge in [0, 0.05) is 43.1 Å². The van der Waals surface area contributed by atoms with Gasteiger partial charge in [-0.05, 0) is 36.8 Å². The van der Waals surface area contributed by atoms with Crippen molar-refractivity contribution < 1.29 is 36.3 Å². The lowest BCUT2D eigenvalue weighted by Crippen LogP contribution is -2.56. The molecule has 2 atom stereocenters. The Hall–Kier alpha value is -4.57. The summed E-state index contributed by atoms with van der Waals surface area (Å²) in [6.07, 6.45) is -0.478. The van der Waals surface area contributed by atoms with Crippen molar-refractivity contribution in [3.05, 3.63) is 88.3 Å². The zero-order valence-corrected chi connectivity index (χ0v) is 22.8. The average molecular weight is 618 g/mol. The Kier molecular flexibility index (Phi) is 8.07. The smallest absolute Gasteiger partial charge is 0.252 e. The van der Waals surface area contributed by atoms with Gasteiger partial charge in [0.25, 0.3) is 11.8 Å². The molecule has 1 saturated heterocycles. The summed E-state index contributed by atoms with van der Waals surface area (Å²) in [5, 5.41) is 11.2. The van der Waals surface area contributed by atoms with Crippen LogP contribution in [0.3, 0.4) is 0 Å². The molecule has 3 amide bonds. The molecule has 8 nitrogen and oxygen atoms in total. The molecular formula is C29H21ClF5N5O3. The maximum absolute atomic E-state index is 15.5. The first-order chi connectivity index (χ1) is 20.4. The number of nitrogens with one attached hydrogen (secondary N) is 1. The molecule has 0 radical (unpaired) electrons. The zero-order chi connectivity index (χ0) is 31.1. The quantitative estimate of drug-likeness (QED) is 0.367. The molecule has 2 aromatic carbocycles. The molecule has 3 aromatic rings. The van der Waals surface area contributed by atoms with Crippen molar-refractivity contribution in [2.75, 3.05) is 9.80 Å². The van der Waals surface area contributed by atoms with Crippen molar-refractivity contribution in [2.45, 2.75) is 49.7 Å². The third-order valence-corrected chi connectivity index (χ3v) is 7.49. The normalized spacial score (nSPS) is 18.5. The maximum atomic E-state index is 15.5. The van der Waals surface area contributed by atoms with Crippen LogP contribution in [0.15, 0.2) is 54.7 Å². The molecule has 1 N–H and O–H groups in total. The fourth-order valence-corrected chi connectivity index (χ4v) is 5.42. The van der Waals surface area contributed by atoms with Crippen molar-refractivity contribution in [3.8, 4) is 6.07 Å². The van der Waals surface area contributed by atoms with Gasteiger partial charge in [-0.3, -0.25) is 24.2 Å². The molecule has 0 spiro atoms. The van der Waals surface area contributed by atoms with Crippen LogP contribution in [-0.4, -0.2) is 40.7 Å². The number of hydrogen-bond donors (Lipinski definition) is 1. The van der Waals surface area contributed by atoms with Crippen LogP contribution >= 0.6 is 11.6 Å². The van der Waals surface area contributed by atoms with E-state index >= 15 is 4.39 Å². The first-order valence-corrected chi connectivity index (χ1v) is 13.4. The second-order valence-electron chi connectivity index (χ2n) is 10.2. The molecule has 0 bridgehead atoms. The molecule has 2 aliphatic rings. The number of hydrogen-bond acceptors (Lipinski definition) is 5. The summed E-state index contributed by atoms with van der Waals surface area (Å²) in [6, 6.07) is 5.62. The molecule has 2 fully saturated rings. The van der Waals surface area contributed by atoms with Crippen molar-refractivity contribution in [2.24, 2.45) is 0 Å². The minimum atomic E-state index is -3.04. The van der Waals surface area contributed by atoms with Crippen LogP contribution in [0.2, 0.25) is 5.02 Å². The van der Waals surface area contributed by atoms with E-state index in [1.165, 1.54) is 30.5 Å². The minimum Gasteiger partial charge on any atom is -0.351 e. The van der Waals surface area contributed by atoms with E-state index in [1.807, 2.05) is 6.07 Å². The van der Waals surface area contributed by atoms with Gasteiger partial charge in [-0.2, -0.15) is 5.26 Å². The Morgan fingerprint density at radius 2 is 1.81 bits per heavy atom. The molecule has 14 heteroatoms. The van der Waals surface area contributed by atoms with E-state index in [-0.39, 0.29) is 24.2 Å². The SMILES string of the molecule is N#Cc1ccnc(N2C(=O)CCC2C(=O)N(c2cc(F)cc(F)c2)C(C(=O)NC2CC(F)(F)C2)c2cccc(Cl)c2F)c1. The minimum absolute atomic E-state index is 0.0723. The first kappa shape index (κ1) is 29.9. The lowest BCUT2D eigenvalue weighted by molar-refractivity contribution is -0.133. The van der Waals surface area contributed by atoms with Crippen LogP contribution in [0.4, 0.5) is 33.5 Å². The molecule has 1 aromatic heterocycles. The molecular weight excluding hydrogens is 597 g/mol. The highest BCUT2D eigenvalue weighted by molar-refractivity contribution is 6.30. The third kappa shape index (κ3) is 6.01. The van der Waals surface area contributed by atoms with Crippen LogP contribution in [0.1, 0.15) is 42.9 Å². The Balaban J connectivity index is 1.65. The summed E-state index contributed by atoms with van der Waals surface area (Å²) in [5.74, 6) is -9.28. The number of nitriles is 1. The molecule has 222 valence electrons. The number of halogens is 6. The number of alkyl halides is 2. The number of pyridine rings is 1. The van der Waals surface area contributed by atoms with E-state index in [0.717, 1.165) is 23.1 Å². The summed E-state index contributed by atoms with van der Waals surface area (Å²) in [5.41, 5.74) is -0.885. The van der Waals surface area contributed by atoms with Crippen LogP contribution in [0.5, 0.6) is 0 Å². The molecule has 2 heterocycles. The summed E-state index contributed by atoms with van der Waals surface area (Å²) >= 11 is 5.99. The number of aromatic nitrogens is 1. The van der Waals surface area contributed by atoms with Gasteiger partial charge in [-0.1, -0.05) is 23.7 Å². The van der Waals surface area contributed by atoms with Gasteiger partial charge < -0.3 is 5.32 Å². The van der Waals surface area contributed by atoms with Crippen LogP contribution in [-0.2, 0) is 14.4 Å². The summed E-state index contributed by atoms with van der Waals surface area (Å²) in [7, 11) is 0. The van der Waals surface area contributed by atoms with E-state index in [4.69, 9.17) is 11.6 Å². The van der Waals surface area contributed by atoms with Gasteiger partial charge in [0.15, 0.2) is 0 Å². The zero-order valence-electron chi connectivity index (χ0n) is 22.0. The fraction of sp³-hybridized carbons (Fsp3) is 0.276. The largest absolute Gasteiger partial charge is 0.351 e. The molecule has 5 rings (SSSR count). The third-order valence-electron chi connectivity index (χ3n) is 7.20. The second kappa shape index (κ2) is 11.6. The Morgan fingerprint density at radius 3 is 2.47 bits per heavy atom. The number of carbonyl (C=O) groups excluding carboxylic acids is 3. The van der Waals surface area contributed by atoms with E-state index in [1.54, 1.807) is 0 Å². The maximum Gasteiger partial charge on any atom is 0.252 e. The fourth-order valence-electron chi connectivity index (χ4n) is 5.24. The van der Waals surface area contributed by atoms with Gasteiger partial charge in [0.05, 0.1) is 22.3 Å². The summed E-state index contributed by atoms with van der Waals surface area (Å²) in [4.78, 5) is 46.8. The van der Waals surface area contributed by atoms with Crippen molar-refractivity contribution in [1.82, 2.24) is 10.3 Å². The molecule has 1 aliphatic carbocycles. The summed E-state index contributed by atoms with van der Waals surface area (Å²) in [6.45, 7) is 0. The van der Waals surface area contributed by atoms with Gasteiger partial charge in [-0.15, -0.1) is 0 Å². The van der Waals surface area contributed by atoms with E-state index < -0.39 is 88.3 Å². The number of anilines is 2. The Labute approximate surface area is 246 Å². The van der Waals surface area contributed by atoms with E-state index in [2.05, 4.69) is 10.3 Å². The van der Waals surface area contributed by atoms with E-state index in [0.29, 0.717) is 11.0 Å². The highest BCUT2D eigenvalue weighted by Gasteiger charge is 2.49. The Morgan fingerprint density at radius 1 is 1.12 bits per heavy atom. The standard InChI is InChI=1S/C29H21ClF5N5O3/c30-21-3-1-2-20(25(21)33)26(27(42)38-18-12-29(34,35)13-18)39(19-10-16(31)9-17(32)11-19)28(43)22-4-5-24(41)40(22)23-8-15(14-36)6-7-37-23/h1-3,6-11,18,22,26H,4-5,12-13H2,(H,38,42). The Bertz CT molecular complexity index is 1640. The van der Waals surface area contributed by atoms with E-state index in [9.17, 15) is 37.2 Å². The first-order valence-electron chi connectivity index (χ1n) is 13.0. The second-order valence-corrected chi connectivity index (χ2v) is 10.6. The van der Waals surface area contributed by atoms with Crippen molar-refractivity contribution in [1.29, 1.82) is 5.26 Å². The molecule has 1 saturated carbocycles. The lowest BCUT2D eigenvalue weighted by Gasteiger charge is -2.39. The monoisotopic (exact) mass is 617 g/mol. The molecule has 2 unspecified atom stereocenters. The average Bonchev–Trinajstić information content (AvgIpc) is 3.32. The predicted molar refractivity (Wildman–Crippen MR) is 144 cm³/mol. The highest BCUT2D eigenvalue weighted by atomic mass is 35.5. The van der Waals surface area contributed by atoms with Crippen molar-refractivity contribution >= 4 is 40.8 Å². The van der Waals surface area contributed by atoms with Crippen LogP contribution in [0, 0.1) is 28.8 Å². The van der Waals surface area contributed by atoms with Gasteiger partial charge in [0.1, 0.15) is 35.4 Å². The number of rotatable bonds is 7. The highest BCUT2D eigenvalue weighted by Crippen LogP contribution is 2.40. The number of nitrogens with zero attached hydrogens (tertiary/aromatic N) is 4. The molecule has 43 heavy (non-hydrogen) atoms. The summed E-state index contributed by atoms with van der Waals surface area (Å²) < 4.78 is 71.7. The van der Waals surface area contributed by atoms with Crippen LogP contribution in [0.25, 0.3) is 0 Å². The lowest BCUT2D eigenvalue weighted by atomic mass is 9.87. The number of amides is 3. The van der Waals surface area contributed by atoms with Crippen LogP contribution < -0.4 is 15.1 Å². The van der Waals surface area contributed by atoms with Gasteiger partial charge >= 0.3 is 0 Å². The van der Waals surface area contributed by atoms with Crippen molar-refractivity contribution in [3.63, 3.8) is 0 Å². The van der Waals surface area contributed by atoms with Gasteiger partial charge in [-0.25, -0.2) is 26.9 Å². The number of carbonyl (C=O) groups is 3. The number of benzene rings is 2. The predicted octanol–water partition coefficient (Wildman–Crippen LogP) is 5.21. The molecule has 1 aliphatic heterocycles. The van der Waals surface area contributed by atoms with Gasteiger partial charge in [0.2, 0.25) is 11.8 Å².